The lowest BCUT2D eigenvalue weighted by molar-refractivity contribution is 0.256. The largest absolute Gasteiger partial charge is 0.394 e. The van der Waals surface area contributed by atoms with Gasteiger partial charge in [0.15, 0.2) is 0 Å². The van der Waals surface area contributed by atoms with E-state index in [9.17, 15) is 0 Å². The summed E-state index contributed by atoms with van der Waals surface area (Å²) < 4.78 is 31.6. The van der Waals surface area contributed by atoms with Gasteiger partial charge in [0.2, 0.25) is 0 Å². The minimum atomic E-state index is -4.67. The summed E-state index contributed by atoms with van der Waals surface area (Å²) >= 11 is 0. The number of nitrogens with zero attached hydrogens (tertiary/aromatic N) is 2. The Hall–Kier alpha value is -0.210. The van der Waals surface area contributed by atoms with Crippen LogP contribution in [0.15, 0.2) is 0 Å². The number of hydrogen-bond donors (Lipinski definition) is 2. The third-order valence-electron chi connectivity index (χ3n) is 6.47. The van der Waals surface area contributed by atoms with Crippen LogP contribution in [0.5, 0.6) is 0 Å². The Morgan fingerprint density at radius 3 is 0.622 bits per heavy atom. The predicted octanol–water partition coefficient (Wildman–Crippen LogP) is 9.07. The van der Waals surface area contributed by atoms with E-state index in [0.29, 0.717) is 0 Å². The van der Waals surface area contributed by atoms with Crippen LogP contribution in [-0.4, -0.2) is 66.6 Å². The van der Waals surface area contributed by atoms with Gasteiger partial charge >= 0.3 is 10.4 Å². The van der Waals surface area contributed by atoms with Crippen LogP contribution >= 0.6 is 0 Å². The zero-order valence-electron chi connectivity index (χ0n) is 26.0. The smallest absolute Gasteiger partial charge is 0.303 e. The number of rotatable bonds is 24. The van der Waals surface area contributed by atoms with Crippen molar-refractivity contribution in [2.75, 3.05) is 39.3 Å². The van der Waals surface area contributed by atoms with Gasteiger partial charge in [0, 0.05) is 0 Å². The van der Waals surface area contributed by atoms with Crippen LogP contribution in [0, 0.1) is 0 Å². The Balaban J connectivity index is -0.000000528. The van der Waals surface area contributed by atoms with Gasteiger partial charge < -0.3 is 9.80 Å². The van der Waals surface area contributed by atoms with Gasteiger partial charge in [0.05, 0.1) is 0 Å². The van der Waals surface area contributed by atoms with E-state index >= 15 is 0 Å². The third kappa shape index (κ3) is 46.0. The lowest BCUT2D eigenvalue weighted by Gasteiger charge is -2.22. The molecular formula is C30H68N2O4S. The highest BCUT2D eigenvalue weighted by Crippen LogP contribution is 2.06. The second-order valence-electron chi connectivity index (χ2n) is 10.4. The average molecular weight is 553 g/mol. The molecule has 0 spiro atoms. The summed E-state index contributed by atoms with van der Waals surface area (Å²) in [5.74, 6) is 0. The standard InChI is InChI=1S/2C15H33N.H2O4S/c2*1-4-7-10-13-16(14-11-8-5-2)15-12-9-6-3;1-5(2,3)4/h2*4-15H2,1-3H3;(H2,1,2,3,4). The maximum atomic E-state index is 8.74. The van der Waals surface area contributed by atoms with E-state index in [1.807, 2.05) is 0 Å². The summed E-state index contributed by atoms with van der Waals surface area (Å²) in [6.45, 7) is 21.7. The van der Waals surface area contributed by atoms with Crippen molar-refractivity contribution in [2.24, 2.45) is 0 Å². The molecule has 0 unspecified atom stereocenters. The van der Waals surface area contributed by atoms with Crippen LogP contribution < -0.4 is 0 Å². The Kier molecular flexibility index (Phi) is 37.7. The second-order valence-corrected chi connectivity index (χ2v) is 11.3. The first-order chi connectivity index (χ1) is 17.7. The molecule has 0 atom stereocenters. The van der Waals surface area contributed by atoms with E-state index in [4.69, 9.17) is 17.5 Å². The van der Waals surface area contributed by atoms with Gasteiger partial charge in [-0.05, 0) is 77.8 Å². The van der Waals surface area contributed by atoms with Crippen molar-refractivity contribution < 1.29 is 17.5 Å². The summed E-state index contributed by atoms with van der Waals surface area (Å²) in [4.78, 5) is 5.39. The molecule has 0 radical (unpaired) electrons. The van der Waals surface area contributed by atoms with Crippen LogP contribution in [0.25, 0.3) is 0 Å². The number of unbranched alkanes of at least 4 members (excludes halogenated alkanes) is 12. The molecule has 2 N–H and O–H groups in total. The molecule has 0 aliphatic heterocycles. The van der Waals surface area contributed by atoms with Gasteiger partial charge in [-0.15, -0.1) is 0 Å². The lowest BCUT2D eigenvalue weighted by atomic mass is 10.2. The zero-order valence-corrected chi connectivity index (χ0v) is 26.8. The highest BCUT2D eigenvalue weighted by Gasteiger charge is 2.04. The lowest BCUT2D eigenvalue weighted by Crippen LogP contribution is -2.27. The van der Waals surface area contributed by atoms with Crippen LogP contribution in [0.1, 0.15) is 157 Å². The molecule has 0 aromatic heterocycles. The molecule has 0 aromatic carbocycles. The summed E-state index contributed by atoms with van der Waals surface area (Å²) in [6.07, 6.45) is 24.9. The van der Waals surface area contributed by atoms with Gasteiger partial charge in [-0.25, -0.2) is 0 Å². The molecule has 0 fully saturated rings. The van der Waals surface area contributed by atoms with E-state index in [0.717, 1.165) is 0 Å². The van der Waals surface area contributed by atoms with E-state index in [-0.39, 0.29) is 0 Å². The van der Waals surface area contributed by atoms with Gasteiger partial charge in [-0.1, -0.05) is 119 Å². The summed E-state index contributed by atoms with van der Waals surface area (Å²) in [5.41, 5.74) is 0. The zero-order chi connectivity index (χ0) is 28.6. The molecule has 7 heteroatoms. The van der Waals surface area contributed by atoms with Crippen molar-refractivity contribution in [3.05, 3.63) is 0 Å². The minimum Gasteiger partial charge on any atom is -0.303 e. The van der Waals surface area contributed by atoms with Crippen molar-refractivity contribution >= 4 is 10.4 Å². The Morgan fingerprint density at radius 2 is 0.514 bits per heavy atom. The molecule has 37 heavy (non-hydrogen) atoms. The van der Waals surface area contributed by atoms with Crippen molar-refractivity contribution in [2.45, 2.75) is 157 Å². The van der Waals surface area contributed by atoms with E-state index in [2.05, 4.69) is 51.3 Å². The molecule has 0 saturated carbocycles. The van der Waals surface area contributed by atoms with Gasteiger partial charge in [0.25, 0.3) is 0 Å². The summed E-state index contributed by atoms with van der Waals surface area (Å²) in [6, 6.07) is 0. The first-order valence-corrected chi connectivity index (χ1v) is 17.2. The molecule has 0 rings (SSSR count). The maximum Gasteiger partial charge on any atom is 0.394 e. The first kappa shape index (κ1) is 41.3. The molecular weight excluding hydrogens is 484 g/mol. The third-order valence-corrected chi connectivity index (χ3v) is 6.47. The Bertz CT molecular complexity index is 418. The minimum absolute atomic E-state index is 1.33. The van der Waals surface area contributed by atoms with Crippen molar-refractivity contribution in [1.82, 2.24) is 9.80 Å². The van der Waals surface area contributed by atoms with Crippen molar-refractivity contribution in [1.29, 1.82) is 0 Å². The molecule has 228 valence electrons. The quantitative estimate of drug-likeness (QED) is 0.0918. The van der Waals surface area contributed by atoms with E-state index in [1.165, 1.54) is 155 Å². The van der Waals surface area contributed by atoms with Gasteiger partial charge in [0.1, 0.15) is 0 Å². The van der Waals surface area contributed by atoms with Crippen molar-refractivity contribution in [3.63, 3.8) is 0 Å². The Morgan fingerprint density at radius 1 is 0.378 bits per heavy atom. The molecule has 0 aliphatic rings. The fourth-order valence-corrected chi connectivity index (χ4v) is 4.18. The van der Waals surface area contributed by atoms with Crippen LogP contribution in [-0.2, 0) is 10.4 Å². The molecule has 0 bridgehead atoms. The fourth-order valence-electron chi connectivity index (χ4n) is 4.18. The van der Waals surface area contributed by atoms with Gasteiger partial charge in [-0.3, -0.25) is 9.11 Å². The highest BCUT2D eigenvalue weighted by atomic mass is 32.3. The summed E-state index contributed by atoms with van der Waals surface area (Å²) in [5, 5.41) is 0. The first-order valence-electron chi connectivity index (χ1n) is 15.8. The molecule has 0 saturated heterocycles. The van der Waals surface area contributed by atoms with E-state index in [1.54, 1.807) is 0 Å². The average Bonchev–Trinajstić information content (AvgIpc) is 2.84. The number of hydrogen-bond acceptors (Lipinski definition) is 4. The van der Waals surface area contributed by atoms with Crippen LogP contribution in [0.3, 0.4) is 0 Å². The highest BCUT2D eigenvalue weighted by molar-refractivity contribution is 7.79. The molecule has 0 amide bonds. The topological polar surface area (TPSA) is 81.1 Å². The van der Waals surface area contributed by atoms with Crippen LogP contribution in [0.2, 0.25) is 0 Å². The normalized spacial score (nSPS) is 11.3. The molecule has 6 nitrogen and oxygen atoms in total. The SMILES string of the molecule is CCCCCN(CCCCC)CCCCC.CCCCCN(CCCCC)CCCCC.O=S(=O)(O)O. The molecule has 0 heterocycles. The fraction of sp³-hybridized carbons (Fsp3) is 1.00. The van der Waals surface area contributed by atoms with Gasteiger partial charge in [-0.2, -0.15) is 8.42 Å². The monoisotopic (exact) mass is 552 g/mol. The maximum absolute atomic E-state index is 8.74. The molecule has 0 aliphatic carbocycles. The second kappa shape index (κ2) is 33.8. The van der Waals surface area contributed by atoms with Crippen LogP contribution in [0.4, 0.5) is 0 Å². The van der Waals surface area contributed by atoms with E-state index < -0.39 is 10.4 Å². The molecule has 0 aromatic rings. The Labute approximate surface area is 233 Å². The van der Waals surface area contributed by atoms with Crippen molar-refractivity contribution in [3.8, 4) is 0 Å². The predicted molar refractivity (Wildman–Crippen MR) is 164 cm³/mol. The summed E-state index contributed by atoms with van der Waals surface area (Å²) in [7, 11) is -4.67.